The summed E-state index contributed by atoms with van der Waals surface area (Å²) in [4.78, 5) is 0.124. The smallest absolute Gasteiger partial charge is 0.240 e. The van der Waals surface area contributed by atoms with Crippen molar-refractivity contribution in [1.82, 2.24) is 4.72 Å². The SMILES string of the molecule is CC1(C)Cc2cc(S(=O)(=O)NC3CC4CC[C@]3(C)C4(C)C)cc(O)c2O1. The molecule has 2 fully saturated rings. The van der Waals surface area contributed by atoms with Gasteiger partial charge >= 0.3 is 0 Å². The zero-order valence-corrected chi connectivity index (χ0v) is 17.0. The topological polar surface area (TPSA) is 75.6 Å². The second-order valence-corrected chi connectivity index (χ2v) is 11.5. The number of rotatable bonds is 3. The van der Waals surface area contributed by atoms with Gasteiger partial charge in [0, 0.05) is 24.1 Å². The van der Waals surface area contributed by atoms with Gasteiger partial charge in [-0.2, -0.15) is 0 Å². The first kappa shape index (κ1) is 18.1. The Kier molecular flexibility index (Phi) is 3.60. The summed E-state index contributed by atoms with van der Waals surface area (Å²) >= 11 is 0. The Labute approximate surface area is 156 Å². The van der Waals surface area contributed by atoms with Crippen LogP contribution < -0.4 is 9.46 Å². The van der Waals surface area contributed by atoms with Crippen LogP contribution in [0.4, 0.5) is 0 Å². The number of phenolic OH excluding ortho intramolecular Hbond substituents is 1. The van der Waals surface area contributed by atoms with Crippen LogP contribution in [0.1, 0.15) is 59.4 Å². The molecule has 1 aromatic carbocycles. The van der Waals surface area contributed by atoms with E-state index in [1.165, 1.54) is 12.5 Å². The Balaban J connectivity index is 1.65. The van der Waals surface area contributed by atoms with Gasteiger partial charge in [0.15, 0.2) is 11.5 Å². The lowest BCUT2D eigenvalue weighted by atomic mass is 9.69. The van der Waals surface area contributed by atoms with Gasteiger partial charge in [0.1, 0.15) is 5.60 Å². The predicted molar refractivity (Wildman–Crippen MR) is 99.9 cm³/mol. The molecular formula is C20H29NO4S. The van der Waals surface area contributed by atoms with E-state index < -0.39 is 15.6 Å². The Morgan fingerprint density at radius 3 is 2.46 bits per heavy atom. The summed E-state index contributed by atoms with van der Waals surface area (Å²) in [7, 11) is -3.70. The molecule has 26 heavy (non-hydrogen) atoms. The van der Waals surface area contributed by atoms with Gasteiger partial charge in [0.05, 0.1) is 4.90 Å². The van der Waals surface area contributed by atoms with Crippen molar-refractivity contribution in [2.45, 2.75) is 76.8 Å². The van der Waals surface area contributed by atoms with Crippen LogP contribution >= 0.6 is 0 Å². The van der Waals surface area contributed by atoms with Gasteiger partial charge in [-0.1, -0.05) is 20.8 Å². The molecule has 144 valence electrons. The number of hydrogen-bond acceptors (Lipinski definition) is 4. The molecule has 2 saturated carbocycles. The predicted octanol–water partition coefficient (Wildman–Crippen LogP) is 3.60. The van der Waals surface area contributed by atoms with Crippen molar-refractivity contribution in [2.75, 3.05) is 0 Å². The average Bonchev–Trinajstić information content (AvgIpc) is 3.00. The van der Waals surface area contributed by atoms with Gasteiger partial charge in [-0.25, -0.2) is 13.1 Å². The second-order valence-electron chi connectivity index (χ2n) is 9.75. The summed E-state index contributed by atoms with van der Waals surface area (Å²) in [6.45, 7) is 10.6. The normalized spacial score (nSPS) is 33.9. The van der Waals surface area contributed by atoms with Crippen LogP contribution in [0.3, 0.4) is 0 Å². The standard InChI is InChI=1S/C20H29NO4S/c1-18(2)11-12-8-14(10-15(22)17(12)25-18)26(23,24)21-16-9-13-6-7-20(16,5)19(13,3)4/h8,10,13,16,21-22H,6-7,9,11H2,1-5H3/t13?,16?,20-/m0/s1. The summed E-state index contributed by atoms with van der Waals surface area (Å²) in [5.41, 5.74) is 0.416. The van der Waals surface area contributed by atoms with Crippen LogP contribution in [0.15, 0.2) is 17.0 Å². The minimum Gasteiger partial charge on any atom is -0.504 e. The van der Waals surface area contributed by atoms with Crippen molar-refractivity contribution in [1.29, 1.82) is 0 Å². The maximum Gasteiger partial charge on any atom is 0.240 e. The van der Waals surface area contributed by atoms with Crippen molar-refractivity contribution in [2.24, 2.45) is 16.7 Å². The lowest BCUT2D eigenvalue weighted by Crippen LogP contribution is -2.46. The van der Waals surface area contributed by atoms with Crippen LogP contribution in [0.2, 0.25) is 0 Å². The van der Waals surface area contributed by atoms with Gasteiger partial charge in [-0.3, -0.25) is 0 Å². The Bertz CT molecular complexity index is 874. The zero-order chi connectivity index (χ0) is 19.1. The molecule has 0 saturated heterocycles. The molecule has 1 heterocycles. The van der Waals surface area contributed by atoms with E-state index in [1.807, 2.05) is 13.8 Å². The number of sulfonamides is 1. The molecule has 2 N–H and O–H groups in total. The molecule has 0 spiro atoms. The number of fused-ring (bicyclic) bond motifs is 3. The van der Waals surface area contributed by atoms with Crippen molar-refractivity contribution in [3.05, 3.63) is 17.7 Å². The fourth-order valence-corrected chi connectivity index (χ4v) is 6.89. The van der Waals surface area contributed by atoms with Gasteiger partial charge in [0.2, 0.25) is 10.0 Å². The summed E-state index contributed by atoms with van der Waals surface area (Å²) < 4.78 is 34.8. The third kappa shape index (κ3) is 2.41. The summed E-state index contributed by atoms with van der Waals surface area (Å²) in [5.74, 6) is 0.859. The molecule has 0 aromatic heterocycles. The van der Waals surface area contributed by atoms with Gasteiger partial charge in [-0.05, 0) is 55.9 Å². The van der Waals surface area contributed by atoms with E-state index in [0.29, 0.717) is 18.1 Å². The molecule has 1 aromatic rings. The van der Waals surface area contributed by atoms with E-state index in [0.717, 1.165) is 18.4 Å². The third-order valence-electron chi connectivity index (χ3n) is 7.52. The fourth-order valence-electron chi connectivity index (χ4n) is 5.46. The van der Waals surface area contributed by atoms with E-state index in [4.69, 9.17) is 4.74 Å². The quantitative estimate of drug-likeness (QED) is 0.841. The number of phenols is 1. The van der Waals surface area contributed by atoms with Crippen molar-refractivity contribution in [3.8, 4) is 11.5 Å². The van der Waals surface area contributed by atoms with Gasteiger partial charge in [-0.15, -0.1) is 0 Å². The molecule has 0 radical (unpaired) electrons. The number of benzene rings is 1. The van der Waals surface area contributed by atoms with Crippen LogP contribution in [0, 0.1) is 16.7 Å². The fraction of sp³-hybridized carbons (Fsp3) is 0.700. The Hall–Kier alpha value is -1.27. The summed E-state index contributed by atoms with van der Waals surface area (Å²) in [6.07, 6.45) is 3.69. The number of hydrogen-bond donors (Lipinski definition) is 2. The van der Waals surface area contributed by atoms with Crippen molar-refractivity contribution < 1.29 is 18.3 Å². The molecule has 2 bridgehead atoms. The van der Waals surface area contributed by atoms with Gasteiger partial charge < -0.3 is 9.84 Å². The number of nitrogens with one attached hydrogen (secondary N) is 1. The van der Waals surface area contributed by atoms with E-state index in [2.05, 4.69) is 25.5 Å². The van der Waals surface area contributed by atoms with Crippen LogP contribution in [0.25, 0.3) is 0 Å². The number of aromatic hydroxyl groups is 1. The molecular weight excluding hydrogens is 350 g/mol. The van der Waals surface area contributed by atoms with E-state index in [-0.39, 0.29) is 27.5 Å². The largest absolute Gasteiger partial charge is 0.504 e. The highest BCUT2D eigenvalue weighted by Gasteiger charge is 2.61. The van der Waals surface area contributed by atoms with E-state index >= 15 is 0 Å². The molecule has 3 aliphatic rings. The zero-order valence-electron chi connectivity index (χ0n) is 16.2. The molecule has 2 aliphatic carbocycles. The monoisotopic (exact) mass is 379 g/mol. The third-order valence-corrected chi connectivity index (χ3v) is 8.97. The molecule has 3 atom stereocenters. The average molecular weight is 380 g/mol. The first-order chi connectivity index (χ1) is 11.9. The molecule has 0 amide bonds. The lowest BCUT2D eigenvalue weighted by molar-refractivity contribution is 0.130. The minimum absolute atomic E-state index is 0.0331. The van der Waals surface area contributed by atoms with Gasteiger partial charge in [0.25, 0.3) is 0 Å². The minimum atomic E-state index is -3.70. The maximum atomic E-state index is 13.1. The Morgan fingerprint density at radius 1 is 1.19 bits per heavy atom. The van der Waals surface area contributed by atoms with Crippen LogP contribution in [-0.4, -0.2) is 25.2 Å². The molecule has 4 rings (SSSR count). The van der Waals surface area contributed by atoms with Crippen molar-refractivity contribution >= 4 is 10.0 Å². The molecule has 5 nitrogen and oxygen atoms in total. The van der Waals surface area contributed by atoms with Crippen LogP contribution in [0.5, 0.6) is 11.5 Å². The second kappa shape index (κ2) is 5.16. The molecule has 6 heteroatoms. The first-order valence-corrected chi connectivity index (χ1v) is 10.9. The maximum absolute atomic E-state index is 13.1. The lowest BCUT2D eigenvalue weighted by Gasteiger charge is -2.39. The molecule has 1 aliphatic heterocycles. The molecule has 2 unspecified atom stereocenters. The van der Waals surface area contributed by atoms with Crippen molar-refractivity contribution in [3.63, 3.8) is 0 Å². The summed E-state index contributed by atoms with van der Waals surface area (Å²) in [6, 6.07) is 2.89. The highest BCUT2D eigenvalue weighted by atomic mass is 32.2. The van der Waals surface area contributed by atoms with E-state index in [9.17, 15) is 13.5 Å². The van der Waals surface area contributed by atoms with Crippen LogP contribution in [-0.2, 0) is 16.4 Å². The highest BCUT2D eigenvalue weighted by Crippen LogP contribution is 2.65. The highest BCUT2D eigenvalue weighted by molar-refractivity contribution is 7.89. The Morgan fingerprint density at radius 2 is 1.88 bits per heavy atom. The number of ether oxygens (including phenoxy) is 1. The summed E-state index contributed by atoms with van der Waals surface area (Å²) in [5, 5.41) is 10.3. The van der Waals surface area contributed by atoms with E-state index in [1.54, 1.807) is 6.07 Å². The first-order valence-electron chi connectivity index (χ1n) is 9.43.